The highest BCUT2D eigenvalue weighted by Crippen LogP contribution is 2.24. The molecule has 4 heteroatoms. The summed E-state index contributed by atoms with van der Waals surface area (Å²) < 4.78 is 40.7. The van der Waals surface area contributed by atoms with E-state index in [1.807, 2.05) is 13.8 Å². The summed E-state index contributed by atoms with van der Waals surface area (Å²) in [7, 11) is 0. The Morgan fingerprint density at radius 3 is 2.38 bits per heavy atom. The van der Waals surface area contributed by atoms with Gasteiger partial charge < -0.3 is 5.32 Å². The largest absolute Gasteiger partial charge is 0.310 e. The minimum atomic E-state index is -0.481. The van der Waals surface area contributed by atoms with Crippen LogP contribution in [0.5, 0.6) is 0 Å². The number of hydrogen-bond donors (Lipinski definition) is 1. The molecule has 0 bridgehead atoms. The Balaban J connectivity index is 2.35. The molecule has 0 heterocycles. The van der Waals surface area contributed by atoms with Crippen molar-refractivity contribution in [1.82, 2.24) is 5.32 Å². The SMILES string of the molecule is CCNC(Cc1cc(F)ccc1C)c1cc(F)ccc1F. The minimum absolute atomic E-state index is 0.264. The standard InChI is InChI=1S/C17H18F3N/c1-3-21-17(15-10-14(19)6-7-16(15)20)9-12-8-13(18)5-4-11(12)2/h4-8,10,17,21H,3,9H2,1-2H3. The first-order valence-corrected chi connectivity index (χ1v) is 6.94. The van der Waals surface area contributed by atoms with Crippen LogP contribution in [0.15, 0.2) is 36.4 Å². The van der Waals surface area contributed by atoms with Crippen molar-refractivity contribution in [3.8, 4) is 0 Å². The summed E-state index contributed by atoms with van der Waals surface area (Å²) in [6.07, 6.45) is 0.401. The molecule has 0 saturated heterocycles. The van der Waals surface area contributed by atoms with Gasteiger partial charge in [0.05, 0.1) is 0 Å². The summed E-state index contributed by atoms with van der Waals surface area (Å²) in [4.78, 5) is 0. The van der Waals surface area contributed by atoms with Gasteiger partial charge in [-0.2, -0.15) is 0 Å². The Hall–Kier alpha value is -1.81. The molecule has 0 fully saturated rings. The maximum atomic E-state index is 13.9. The molecule has 2 rings (SSSR count). The molecule has 0 saturated carbocycles. The molecule has 0 aliphatic carbocycles. The Morgan fingerprint density at radius 2 is 1.67 bits per heavy atom. The first kappa shape index (κ1) is 15.6. The van der Waals surface area contributed by atoms with Gasteiger partial charge in [-0.3, -0.25) is 0 Å². The van der Waals surface area contributed by atoms with E-state index < -0.39 is 17.7 Å². The van der Waals surface area contributed by atoms with Gasteiger partial charge in [-0.05, 0) is 61.3 Å². The number of aryl methyl sites for hydroxylation is 1. The smallest absolute Gasteiger partial charge is 0.128 e. The van der Waals surface area contributed by atoms with Crippen LogP contribution in [0.2, 0.25) is 0 Å². The molecular weight excluding hydrogens is 275 g/mol. The molecule has 0 aliphatic heterocycles. The molecular formula is C17H18F3N. The lowest BCUT2D eigenvalue weighted by atomic mass is 9.95. The summed E-state index contributed by atoms with van der Waals surface area (Å²) in [6, 6.07) is 7.53. The second kappa shape index (κ2) is 6.76. The molecule has 21 heavy (non-hydrogen) atoms. The molecule has 1 atom stereocenters. The summed E-state index contributed by atoms with van der Waals surface area (Å²) in [5, 5.41) is 3.13. The molecule has 0 radical (unpaired) electrons. The molecule has 1 nitrogen and oxygen atoms in total. The second-order valence-electron chi connectivity index (χ2n) is 5.05. The number of hydrogen-bond acceptors (Lipinski definition) is 1. The quantitative estimate of drug-likeness (QED) is 0.866. The van der Waals surface area contributed by atoms with E-state index in [0.717, 1.165) is 23.3 Å². The van der Waals surface area contributed by atoms with E-state index in [9.17, 15) is 13.2 Å². The number of likely N-dealkylation sites (N-methyl/N-ethyl adjacent to an activating group) is 1. The molecule has 2 aromatic carbocycles. The predicted octanol–water partition coefficient (Wildman–Crippen LogP) is 4.31. The van der Waals surface area contributed by atoms with Crippen molar-refractivity contribution in [1.29, 1.82) is 0 Å². The van der Waals surface area contributed by atoms with Crippen LogP contribution in [0, 0.1) is 24.4 Å². The Labute approximate surface area is 122 Å². The summed E-state index contributed by atoms with van der Waals surface area (Å²) in [6.45, 7) is 4.37. The number of halogens is 3. The maximum Gasteiger partial charge on any atom is 0.128 e. The highest BCUT2D eigenvalue weighted by molar-refractivity contribution is 5.30. The predicted molar refractivity (Wildman–Crippen MR) is 77.6 cm³/mol. The van der Waals surface area contributed by atoms with Crippen molar-refractivity contribution in [2.45, 2.75) is 26.3 Å². The van der Waals surface area contributed by atoms with Crippen molar-refractivity contribution >= 4 is 0 Å². The zero-order chi connectivity index (χ0) is 15.4. The van der Waals surface area contributed by atoms with E-state index in [2.05, 4.69) is 5.32 Å². The van der Waals surface area contributed by atoms with Crippen LogP contribution in [-0.2, 0) is 6.42 Å². The number of benzene rings is 2. The lowest BCUT2D eigenvalue weighted by molar-refractivity contribution is 0.500. The summed E-state index contributed by atoms with van der Waals surface area (Å²) in [5.41, 5.74) is 1.97. The lowest BCUT2D eigenvalue weighted by Gasteiger charge is -2.20. The highest BCUT2D eigenvalue weighted by atomic mass is 19.1. The van der Waals surface area contributed by atoms with Crippen LogP contribution in [0.3, 0.4) is 0 Å². The molecule has 2 aromatic rings. The number of rotatable bonds is 5. The maximum absolute atomic E-state index is 13.9. The van der Waals surface area contributed by atoms with Crippen molar-refractivity contribution in [3.63, 3.8) is 0 Å². The third-order valence-corrected chi connectivity index (χ3v) is 3.52. The fourth-order valence-corrected chi connectivity index (χ4v) is 2.40. The average Bonchev–Trinajstić information content (AvgIpc) is 2.45. The van der Waals surface area contributed by atoms with Gasteiger partial charge in [0, 0.05) is 11.6 Å². The van der Waals surface area contributed by atoms with Crippen molar-refractivity contribution in [2.24, 2.45) is 0 Å². The molecule has 0 amide bonds. The average molecular weight is 293 g/mol. The van der Waals surface area contributed by atoms with Gasteiger partial charge in [0.1, 0.15) is 17.5 Å². The topological polar surface area (TPSA) is 12.0 Å². The monoisotopic (exact) mass is 293 g/mol. The van der Waals surface area contributed by atoms with E-state index in [-0.39, 0.29) is 11.4 Å². The van der Waals surface area contributed by atoms with Gasteiger partial charge in [-0.1, -0.05) is 13.0 Å². The van der Waals surface area contributed by atoms with Crippen LogP contribution in [-0.4, -0.2) is 6.54 Å². The lowest BCUT2D eigenvalue weighted by Crippen LogP contribution is -2.24. The third-order valence-electron chi connectivity index (χ3n) is 3.52. The Kier molecular flexibility index (Phi) is 5.02. The van der Waals surface area contributed by atoms with E-state index in [0.29, 0.717) is 13.0 Å². The van der Waals surface area contributed by atoms with Crippen molar-refractivity contribution in [3.05, 3.63) is 70.5 Å². The summed E-state index contributed by atoms with van der Waals surface area (Å²) in [5.74, 6) is -1.27. The fourth-order valence-electron chi connectivity index (χ4n) is 2.40. The van der Waals surface area contributed by atoms with E-state index in [4.69, 9.17) is 0 Å². The number of nitrogens with one attached hydrogen (secondary N) is 1. The van der Waals surface area contributed by atoms with Crippen LogP contribution in [0.4, 0.5) is 13.2 Å². The Bertz CT molecular complexity index is 625. The van der Waals surface area contributed by atoms with E-state index >= 15 is 0 Å². The van der Waals surface area contributed by atoms with Crippen LogP contribution in [0.1, 0.15) is 29.7 Å². The van der Waals surface area contributed by atoms with Crippen LogP contribution in [0.25, 0.3) is 0 Å². The first-order chi connectivity index (χ1) is 10.0. The van der Waals surface area contributed by atoms with Crippen LogP contribution >= 0.6 is 0 Å². The zero-order valence-corrected chi connectivity index (χ0v) is 12.1. The third kappa shape index (κ3) is 3.85. The molecule has 1 N–H and O–H groups in total. The normalized spacial score (nSPS) is 12.4. The molecule has 112 valence electrons. The zero-order valence-electron chi connectivity index (χ0n) is 12.1. The van der Waals surface area contributed by atoms with Crippen LogP contribution < -0.4 is 5.32 Å². The molecule has 0 aliphatic rings. The van der Waals surface area contributed by atoms with Gasteiger partial charge in [0.15, 0.2) is 0 Å². The van der Waals surface area contributed by atoms with Crippen molar-refractivity contribution in [2.75, 3.05) is 6.54 Å². The van der Waals surface area contributed by atoms with Gasteiger partial charge in [-0.25, -0.2) is 13.2 Å². The van der Waals surface area contributed by atoms with Gasteiger partial charge >= 0.3 is 0 Å². The molecule has 1 unspecified atom stereocenters. The minimum Gasteiger partial charge on any atom is -0.310 e. The van der Waals surface area contributed by atoms with Gasteiger partial charge in [-0.15, -0.1) is 0 Å². The molecule has 0 spiro atoms. The first-order valence-electron chi connectivity index (χ1n) is 6.94. The fraction of sp³-hybridized carbons (Fsp3) is 0.294. The second-order valence-corrected chi connectivity index (χ2v) is 5.05. The molecule has 0 aromatic heterocycles. The van der Waals surface area contributed by atoms with E-state index in [1.54, 1.807) is 6.07 Å². The highest BCUT2D eigenvalue weighted by Gasteiger charge is 2.17. The van der Waals surface area contributed by atoms with Crippen molar-refractivity contribution < 1.29 is 13.2 Å². The van der Waals surface area contributed by atoms with Gasteiger partial charge in [0.25, 0.3) is 0 Å². The Morgan fingerprint density at radius 1 is 1.00 bits per heavy atom. The summed E-state index contributed by atoms with van der Waals surface area (Å²) >= 11 is 0. The van der Waals surface area contributed by atoms with Gasteiger partial charge in [0.2, 0.25) is 0 Å². The van der Waals surface area contributed by atoms with E-state index in [1.165, 1.54) is 18.2 Å².